The smallest absolute Gasteiger partial charge is 0.321 e. The van der Waals surface area contributed by atoms with E-state index in [1.165, 1.54) is 32.1 Å². The molecule has 3 aliphatic rings. The topological polar surface area (TPSA) is 38.8 Å². The summed E-state index contributed by atoms with van der Waals surface area (Å²) < 4.78 is 12.1. The van der Waals surface area contributed by atoms with Crippen LogP contribution in [-0.2, 0) is 14.3 Å². The molecule has 0 bridgehead atoms. The van der Waals surface area contributed by atoms with Crippen molar-refractivity contribution in [1.82, 2.24) is 4.90 Å². The van der Waals surface area contributed by atoms with Crippen LogP contribution in [0.1, 0.15) is 79.1 Å². The lowest BCUT2D eigenvalue weighted by Crippen LogP contribution is -2.70. The number of ether oxygens (including phenoxy) is 2. The standard InChI is InChI=1S/C22H35NO3/c1-5-6-7-8-9-10-11-18-21-23(15-20(24)25-18)22(3,4)17-13-12-16(2)14-19(17)26-21/h16-19,21H,5-9,12-15H2,1-4H3/t16-,17-,18+,19-,21+/m1/s1. The van der Waals surface area contributed by atoms with Gasteiger partial charge in [0.05, 0.1) is 12.6 Å². The first-order chi connectivity index (χ1) is 12.4. The first kappa shape index (κ1) is 19.7. The molecule has 0 amide bonds. The van der Waals surface area contributed by atoms with Crippen LogP contribution in [0.25, 0.3) is 0 Å². The number of morpholine rings is 1. The molecule has 2 aliphatic heterocycles. The number of nitrogens with zero attached hydrogens (tertiary/aromatic N) is 1. The third kappa shape index (κ3) is 4.10. The molecule has 0 radical (unpaired) electrons. The minimum absolute atomic E-state index is 0.0613. The van der Waals surface area contributed by atoms with Gasteiger partial charge in [-0.25, -0.2) is 0 Å². The Balaban J connectivity index is 1.72. The third-order valence-electron chi connectivity index (χ3n) is 6.54. The second kappa shape index (κ2) is 8.31. The van der Waals surface area contributed by atoms with Crippen molar-refractivity contribution >= 4 is 5.97 Å². The summed E-state index contributed by atoms with van der Waals surface area (Å²) in [6.45, 7) is 9.37. The predicted octanol–water partition coefficient (Wildman–Crippen LogP) is 4.13. The Kier molecular flexibility index (Phi) is 6.30. The van der Waals surface area contributed by atoms with Crippen molar-refractivity contribution in [3.05, 3.63) is 0 Å². The highest BCUT2D eigenvalue weighted by Crippen LogP contribution is 2.46. The normalized spacial score (nSPS) is 36.3. The molecule has 0 aromatic carbocycles. The number of rotatable bonds is 4. The molecule has 0 spiro atoms. The second-order valence-electron chi connectivity index (χ2n) is 8.91. The largest absolute Gasteiger partial charge is 0.444 e. The maximum Gasteiger partial charge on any atom is 0.321 e. The molecule has 1 aliphatic carbocycles. The van der Waals surface area contributed by atoms with Crippen molar-refractivity contribution in [2.24, 2.45) is 11.8 Å². The van der Waals surface area contributed by atoms with E-state index in [2.05, 4.69) is 44.4 Å². The van der Waals surface area contributed by atoms with Crippen molar-refractivity contribution in [2.45, 2.75) is 103 Å². The Morgan fingerprint density at radius 2 is 2.04 bits per heavy atom. The maximum absolute atomic E-state index is 12.2. The lowest BCUT2D eigenvalue weighted by atomic mass is 9.69. The molecule has 1 saturated carbocycles. The molecule has 146 valence electrons. The zero-order chi connectivity index (χ0) is 18.7. The van der Waals surface area contributed by atoms with Crippen molar-refractivity contribution in [2.75, 3.05) is 6.54 Å². The summed E-state index contributed by atoms with van der Waals surface area (Å²) in [4.78, 5) is 14.4. The number of esters is 1. The van der Waals surface area contributed by atoms with Crippen LogP contribution >= 0.6 is 0 Å². The highest BCUT2D eigenvalue weighted by molar-refractivity contribution is 5.73. The Morgan fingerprint density at radius 1 is 1.23 bits per heavy atom. The van der Waals surface area contributed by atoms with E-state index in [4.69, 9.17) is 9.47 Å². The molecular weight excluding hydrogens is 326 g/mol. The zero-order valence-corrected chi connectivity index (χ0v) is 16.9. The van der Waals surface area contributed by atoms with E-state index < -0.39 is 6.10 Å². The number of fused-ring (bicyclic) bond motifs is 2. The second-order valence-corrected chi connectivity index (χ2v) is 8.91. The SMILES string of the molecule is CCCCCCC#C[C@@H]1OC(=O)CN2[C@H]1O[C@@H]1C[C@H](C)CC[C@H]1C2(C)C. The number of carbonyl (C=O) groups excluding carboxylic acids is 1. The fourth-order valence-corrected chi connectivity index (χ4v) is 4.90. The Labute approximate surface area is 159 Å². The number of hydrogen-bond acceptors (Lipinski definition) is 4. The number of unbranched alkanes of at least 4 members (excludes halogenated alkanes) is 4. The molecule has 5 atom stereocenters. The van der Waals surface area contributed by atoms with Gasteiger partial charge >= 0.3 is 5.97 Å². The summed E-state index contributed by atoms with van der Waals surface area (Å²) in [7, 11) is 0. The molecule has 4 nitrogen and oxygen atoms in total. The van der Waals surface area contributed by atoms with E-state index in [9.17, 15) is 4.79 Å². The first-order valence-electron chi connectivity index (χ1n) is 10.5. The van der Waals surface area contributed by atoms with E-state index in [1.807, 2.05) is 0 Å². The quantitative estimate of drug-likeness (QED) is 0.429. The molecule has 0 aromatic rings. The summed E-state index contributed by atoms with van der Waals surface area (Å²) in [5.74, 6) is 7.46. The molecule has 26 heavy (non-hydrogen) atoms. The summed E-state index contributed by atoms with van der Waals surface area (Å²) in [6, 6.07) is 0. The fraction of sp³-hybridized carbons (Fsp3) is 0.864. The molecule has 0 aromatic heterocycles. The van der Waals surface area contributed by atoms with Crippen LogP contribution in [0.3, 0.4) is 0 Å². The fourth-order valence-electron chi connectivity index (χ4n) is 4.90. The Hall–Kier alpha value is -1.05. The zero-order valence-electron chi connectivity index (χ0n) is 16.9. The van der Waals surface area contributed by atoms with Gasteiger partial charge < -0.3 is 9.47 Å². The Morgan fingerprint density at radius 3 is 2.81 bits per heavy atom. The minimum atomic E-state index is -0.458. The molecule has 4 heteroatoms. The van der Waals surface area contributed by atoms with Crippen molar-refractivity contribution < 1.29 is 14.3 Å². The van der Waals surface area contributed by atoms with Gasteiger partial charge in [0.2, 0.25) is 6.10 Å². The number of hydrogen-bond donors (Lipinski definition) is 0. The summed E-state index contributed by atoms with van der Waals surface area (Å²) in [5.41, 5.74) is -0.0613. The van der Waals surface area contributed by atoms with Gasteiger partial charge in [-0.15, -0.1) is 0 Å². The van der Waals surface area contributed by atoms with Crippen molar-refractivity contribution in [3.8, 4) is 11.8 Å². The van der Waals surface area contributed by atoms with E-state index in [1.54, 1.807) is 0 Å². The summed E-state index contributed by atoms with van der Waals surface area (Å²) >= 11 is 0. The molecule has 0 unspecified atom stereocenters. The average Bonchev–Trinajstić information content (AvgIpc) is 2.58. The van der Waals surface area contributed by atoms with Crippen molar-refractivity contribution in [1.29, 1.82) is 0 Å². The van der Waals surface area contributed by atoms with Gasteiger partial charge in [0.25, 0.3) is 0 Å². The van der Waals surface area contributed by atoms with E-state index in [0.717, 1.165) is 19.3 Å². The summed E-state index contributed by atoms with van der Waals surface area (Å²) in [5, 5.41) is 0. The van der Waals surface area contributed by atoms with Gasteiger partial charge in [0.15, 0.2) is 6.23 Å². The first-order valence-corrected chi connectivity index (χ1v) is 10.5. The van der Waals surface area contributed by atoms with Gasteiger partial charge in [-0.05, 0) is 39.0 Å². The molecule has 3 fully saturated rings. The van der Waals surface area contributed by atoms with Gasteiger partial charge in [-0.1, -0.05) is 51.4 Å². The highest BCUT2D eigenvalue weighted by atomic mass is 16.6. The van der Waals surface area contributed by atoms with Crippen LogP contribution in [0.15, 0.2) is 0 Å². The number of carbonyl (C=O) groups is 1. The van der Waals surface area contributed by atoms with Gasteiger partial charge in [0.1, 0.15) is 0 Å². The van der Waals surface area contributed by atoms with Crippen LogP contribution in [0.4, 0.5) is 0 Å². The molecule has 2 heterocycles. The lowest BCUT2D eigenvalue weighted by molar-refractivity contribution is -0.271. The molecular formula is C22H35NO3. The molecule has 3 rings (SSSR count). The predicted molar refractivity (Wildman–Crippen MR) is 102 cm³/mol. The Bertz CT molecular complexity index is 561. The van der Waals surface area contributed by atoms with Crippen LogP contribution in [0.2, 0.25) is 0 Å². The van der Waals surface area contributed by atoms with Crippen LogP contribution < -0.4 is 0 Å². The lowest BCUT2D eigenvalue weighted by Gasteiger charge is -2.58. The van der Waals surface area contributed by atoms with E-state index in [0.29, 0.717) is 18.4 Å². The van der Waals surface area contributed by atoms with Gasteiger partial charge in [-0.3, -0.25) is 9.69 Å². The van der Waals surface area contributed by atoms with Crippen LogP contribution in [0.5, 0.6) is 0 Å². The average molecular weight is 362 g/mol. The van der Waals surface area contributed by atoms with Gasteiger partial charge in [0, 0.05) is 17.9 Å². The molecule has 2 saturated heterocycles. The van der Waals surface area contributed by atoms with Crippen molar-refractivity contribution in [3.63, 3.8) is 0 Å². The monoisotopic (exact) mass is 361 g/mol. The minimum Gasteiger partial charge on any atom is -0.444 e. The molecule has 0 N–H and O–H groups in total. The van der Waals surface area contributed by atoms with E-state index in [-0.39, 0.29) is 23.8 Å². The van der Waals surface area contributed by atoms with E-state index >= 15 is 0 Å². The number of cyclic esters (lactones) is 1. The summed E-state index contributed by atoms with van der Waals surface area (Å²) in [6.07, 6.45) is 8.78. The van der Waals surface area contributed by atoms with Gasteiger partial charge in [-0.2, -0.15) is 0 Å². The van der Waals surface area contributed by atoms with Crippen LogP contribution in [0, 0.1) is 23.7 Å². The van der Waals surface area contributed by atoms with Crippen LogP contribution in [-0.4, -0.2) is 41.4 Å². The highest BCUT2D eigenvalue weighted by Gasteiger charge is 2.55. The third-order valence-corrected chi connectivity index (χ3v) is 6.54. The maximum atomic E-state index is 12.2.